The van der Waals surface area contributed by atoms with Crippen LogP contribution >= 0.6 is 0 Å². The Morgan fingerprint density at radius 1 is 1.14 bits per heavy atom. The molecule has 2 aliphatic rings. The van der Waals surface area contributed by atoms with Crippen molar-refractivity contribution in [3.8, 4) is 0 Å². The summed E-state index contributed by atoms with van der Waals surface area (Å²) in [6.45, 7) is 2.15. The highest BCUT2D eigenvalue weighted by Crippen LogP contribution is 2.23. The Morgan fingerprint density at radius 3 is 2.46 bits per heavy atom. The molecule has 28 heavy (non-hydrogen) atoms. The van der Waals surface area contributed by atoms with Gasteiger partial charge < -0.3 is 15.4 Å². The van der Waals surface area contributed by atoms with E-state index in [2.05, 4.69) is 15.6 Å². The Bertz CT molecular complexity index is 772. The summed E-state index contributed by atoms with van der Waals surface area (Å²) in [6, 6.07) is 3.13. The van der Waals surface area contributed by atoms with Gasteiger partial charge in [0.1, 0.15) is 4.90 Å². The molecule has 1 aromatic heterocycles. The Balaban J connectivity index is 1.39. The zero-order valence-corrected chi connectivity index (χ0v) is 16.5. The summed E-state index contributed by atoms with van der Waals surface area (Å²) in [7, 11) is -3.54. The van der Waals surface area contributed by atoms with Crippen molar-refractivity contribution in [1.82, 2.24) is 19.9 Å². The second-order valence-electron chi connectivity index (χ2n) is 7.09. The van der Waals surface area contributed by atoms with Crippen LogP contribution in [0.25, 0.3) is 0 Å². The summed E-state index contributed by atoms with van der Waals surface area (Å²) < 4.78 is 32.0. The summed E-state index contributed by atoms with van der Waals surface area (Å²) >= 11 is 0. The van der Waals surface area contributed by atoms with E-state index in [9.17, 15) is 18.0 Å². The molecule has 0 unspecified atom stereocenters. The van der Waals surface area contributed by atoms with Crippen LogP contribution in [0.4, 0.5) is 0 Å². The minimum absolute atomic E-state index is 0.0113. The van der Waals surface area contributed by atoms with Crippen molar-refractivity contribution < 1.29 is 22.7 Å². The van der Waals surface area contributed by atoms with Gasteiger partial charge in [0, 0.05) is 45.2 Å². The predicted molar refractivity (Wildman–Crippen MR) is 101 cm³/mol. The number of hydrogen-bond acceptors (Lipinski definition) is 6. The van der Waals surface area contributed by atoms with Crippen LogP contribution in [0.2, 0.25) is 0 Å². The van der Waals surface area contributed by atoms with E-state index in [4.69, 9.17) is 4.74 Å². The largest absolute Gasteiger partial charge is 0.376 e. The van der Waals surface area contributed by atoms with Crippen molar-refractivity contribution in [3.05, 3.63) is 24.5 Å². The number of sulfonamides is 1. The van der Waals surface area contributed by atoms with Gasteiger partial charge in [0.15, 0.2) is 0 Å². The SMILES string of the molecule is O=C(NCC1CCN(S(=O)(=O)c2cccnc2)CC1)C(=O)NC[C@H]1CCCO1. The van der Waals surface area contributed by atoms with Gasteiger partial charge in [-0.05, 0) is 43.7 Å². The number of carbonyl (C=O) groups is 2. The molecule has 2 aliphatic heterocycles. The quantitative estimate of drug-likeness (QED) is 0.632. The van der Waals surface area contributed by atoms with Crippen LogP contribution in [0.15, 0.2) is 29.4 Å². The fourth-order valence-electron chi connectivity index (χ4n) is 3.41. The Kier molecular flexibility index (Phi) is 6.97. The zero-order valence-electron chi connectivity index (χ0n) is 15.7. The molecular weight excluding hydrogens is 384 g/mol. The van der Waals surface area contributed by atoms with Crippen LogP contribution in [-0.2, 0) is 24.3 Å². The molecule has 0 aliphatic carbocycles. The molecule has 3 rings (SSSR count). The smallest absolute Gasteiger partial charge is 0.309 e. The molecule has 2 amide bonds. The molecule has 0 spiro atoms. The summed E-state index contributed by atoms with van der Waals surface area (Å²) in [5.74, 6) is -1.19. The number of amides is 2. The molecule has 2 N–H and O–H groups in total. The number of rotatable bonds is 6. The van der Waals surface area contributed by atoms with Crippen molar-refractivity contribution >= 4 is 21.8 Å². The highest BCUT2D eigenvalue weighted by atomic mass is 32.2. The standard InChI is InChI=1S/C18H26N4O5S/c23-17(18(24)21-12-15-3-2-10-27-15)20-11-14-5-8-22(9-6-14)28(25,26)16-4-1-7-19-13-16/h1,4,7,13-15H,2-3,5-6,8-12H2,(H,20,23)(H,21,24)/t15-/m1/s1. The van der Waals surface area contributed by atoms with Crippen LogP contribution in [0, 0.1) is 5.92 Å². The third-order valence-electron chi connectivity index (χ3n) is 5.12. The normalized spacial score (nSPS) is 21.4. The number of aromatic nitrogens is 1. The van der Waals surface area contributed by atoms with Crippen molar-refractivity contribution in [2.24, 2.45) is 5.92 Å². The Hall–Kier alpha value is -2.04. The number of pyridine rings is 1. The molecule has 154 valence electrons. The van der Waals surface area contributed by atoms with E-state index < -0.39 is 21.8 Å². The first-order chi connectivity index (χ1) is 13.5. The summed E-state index contributed by atoms with van der Waals surface area (Å²) in [6.07, 6.45) is 5.98. The number of hydrogen-bond donors (Lipinski definition) is 2. The van der Waals surface area contributed by atoms with E-state index in [1.807, 2.05) is 0 Å². The zero-order chi connectivity index (χ0) is 20.0. The first-order valence-corrected chi connectivity index (χ1v) is 11.0. The summed E-state index contributed by atoms with van der Waals surface area (Å²) in [4.78, 5) is 27.8. The molecule has 1 aromatic rings. The van der Waals surface area contributed by atoms with Crippen LogP contribution in [0.1, 0.15) is 25.7 Å². The number of nitrogens with one attached hydrogen (secondary N) is 2. The minimum atomic E-state index is -3.54. The lowest BCUT2D eigenvalue weighted by atomic mass is 9.98. The van der Waals surface area contributed by atoms with Gasteiger partial charge in [-0.15, -0.1) is 0 Å². The number of ether oxygens (including phenoxy) is 1. The van der Waals surface area contributed by atoms with Gasteiger partial charge in [-0.2, -0.15) is 4.31 Å². The van der Waals surface area contributed by atoms with E-state index in [-0.39, 0.29) is 16.9 Å². The lowest BCUT2D eigenvalue weighted by Crippen LogP contribution is -2.45. The van der Waals surface area contributed by atoms with Crippen LogP contribution < -0.4 is 10.6 Å². The number of piperidine rings is 1. The molecular formula is C18H26N4O5S. The maximum Gasteiger partial charge on any atom is 0.309 e. The van der Waals surface area contributed by atoms with Crippen LogP contribution in [0.3, 0.4) is 0 Å². The average molecular weight is 410 g/mol. The second kappa shape index (κ2) is 9.44. The molecule has 0 saturated carbocycles. The monoisotopic (exact) mass is 410 g/mol. The highest BCUT2D eigenvalue weighted by molar-refractivity contribution is 7.89. The third kappa shape index (κ3) is 5.27. The lowest BCUT2D eigenvalue weighted by molar-refractivity contribution is -0.139. The van der Waals surface area contributed by atoms with Crippen LogP contribution in [-0.4, -0.2) is 68.4 Å². The average Bonchev–Trinajstić information content (AvgIpc) is 3.25. The van der Waals surface area contributed by atoms with Gasteiger partial charge in [-0.1, -0.05) is 0 Å². The van der Waals surface area contributed by atoms with E-state index in [0.29, 0.717) is 45.6 Å². The van der Waals surface area contributed by atoms with Gasteiger partial charge in [0.05, 0.1) is 6.10 Å². The first kappa shape index (κ1) is 20.7. The van der Waals surface area contributed by atoms with Crippen molar-refractivity contribution in [2.45, 2.75) is 36.7 Å². The second-order valence-corrected chi connectivity index (χ2v) is 9.03. The van der Waals surface area contributed by atoms with Crippen molar-refractivity contribution in [1.29, 1.82) is 0 Å². The Labute approximate surface area is 164 Å². The molecule has 0 radical (unpaired) electrons. The molecule has 1 atom stereocenters. The summed E-state index contributed by atoms with van der Waals surface area (Å²) in [5, 5.41) is 5.23. The van der Waals surface area contributed by atoms with Gasteiger partial charge in [0.2, 0.25) is 10.0 Å². The van der Waals surface area contributed by atoms with Gasteiger partial charge in [-0.25, -0.2) is 8.42 Å². The van der Waals surface area contributed by atoms with Crippen LogP contribution in [0.5, 0.6) is 0 Å². The number of carbonyl (C=O) groups excluding carboxylic acids is 2. The van der Waals surface area contributed by atoms with E-state index in [0.717, 1.165) is 12.8 Å². The number of nitrogens with zero attached hydrogens (tertiary/aromatic N) is 2. The van der Waals surface area contributed by atoms with Gasteiger partial charge >= 0.3 is 11.8 Å². The summed E-state index contributed by atoms with van der Waals surface area (Å²) in [5.41, 5.74) is 0. The fourth-order valence-corrected chi connectivity index (χ4v) is 4.85. The van der Waals surface area contributed by atoms with Crippen molar-refractivity contribution in [2.75, 3.05) is 32.8 Å². The lowest BCUT2D eigenvalue weighted by Gasteiger charge is -2.31. The molecule has 2 saturated heterocycles. The Morgan fingerprint density at radius 2 is 1.86 bits per heavy atom. The van der Waals surface area contributed by atoms with Gasteiger partial charge in [0.25, 0.3) is 0 Å². The maximum absolute atomic E-state index is 12.6. The molecule has 0 bridgehead atoms. The van der Waals surface area contributed by atoms with E-state index >= 15 is 0 Å². The van der Waals surface area contributed by atoms with Crippen molar-refractivity contribution in [3.63, 3.8) is 0 Å². The molecule has 2 fully saturated rings. The van der Waals surface area contributed by atoms with Gasteiger partial charge in [-0.3, -0.25) is 14.6 Å². The first-order valence-electron chi connectivity index (χ1n) is 9.54. The van der Waals surface area contributed by atoms with E-state index in [1.54, 1.807) is 6.07 Å². The fraction of sp³-hybridized carbons (Fsp3) is 0.611. The van der Waals surface area contributed by atoms with E-state index in [1.165, 1.54) is 22.8 Å². The topological polar surface area (TPSA) is 118 Å². The predicted octanol–water partition coefficient (Wildman–Crippen LogP) is -0.106. The molecule has 3 heterocycles. The molecule has 10 heteroatoms. The minimum Gasteiger partial charge on any atom is -0.376 e. The highest BCUT2D eigenvalue weighted by Gasteiger charge is 2.30. The third-order valence-corrected chi connectivity index (χ3v) is 7.00. The molecule has 0 aromatic carbocycles. The maximum atomic E-state index is 12.6. The molecule has 9 nitrogen and oxygen atoms in total.